The number of nitro benzene ring substituents is 1. The molecule has 2 aromatic rings. The number of nitrogens with zero attached hydrogens (tertiary/aromatic N) is 2. The van der Waals surface area contributed by atoms with Crippen LogP contribution >= 0.6 is 11.6 Å². The van der Waals surface area contributed by atoms with Gasteiger partial charge in [0.1, 0.15) is 5.76 Å². The number of amides is 1. The van der Waals surface area contributed by atoms with Crippen molar-refractivity contribution in [1.29, 1.82) is 0 Å². The van der Waals surface area contributed by atoms with Crippen LogP contribution in [0, 0.1) is 10.1 Å². The van der Waals surface area contributed by atoms with Crippen LogP contribution in [0.5, 0.6) is 0 Å². The van der Waals surface area contributed by atoms with Crippen molar-refractivity contribution < 1.29 is 14.1 Å². The van der Waals surface area contributed by atoms with E-state index >= 15 is 0 Å². The number of furan rings is 1. The Morgan fingerprint density at radius 2 is 2.20 bits per heavy atom. The second kappa shape index (κ2) is 5.75. The van der Waals surface area contributed by atoms with Crippen molar-refractivity contribution >= 4 is 23.2 Å². The Kier molecular flexibility index (Phi) is 4.05. The molecule has 0 aliphatic rings. The van der Waals surface area contributed by atoms with Crippen LogP contribution < -0.4 is 0 Å². The highest BCUT2D eigenvalue weighted by molar-refractivity contribution is 6.34. The number of non-ortho nitro benzene ring substituents is 1. The van der Waals surface area contributed by atoms with Gasteiger partial charge in [-0.3, -0.25) is 14.9 Å². The monoisotopic (exact) mass is 294 g/mol. The third-order valence-electron chi connectivity index (χ3n) is 2.71. The van der Waals surface area contributed by atoms with E-state index in [1.54, 1.807) is 19.2 Å². The quantitative estimate of drug-likeness (QED) is 0.641. The Hall–Kier alpha value is -2.34. The highest BCUT2D eigenvalue weighted by Crippen LogP contribution is 2.23. The number of hydrogen-bond donors (Lipinski definition) is 0. The van der Waals surface area contributed by atoms with E-state index in [1.165, 1.54) is 23.3 Å². The molecule has 2 rings (SSSR count). The Morgan fingerprint density at radius 1 is 1.45 bits per heavy atom. The first kappa shape index (κ1) is 14.1. The van der Waals surface area contributed by atoms with E-state index in [-0.39, 0.29) is 22.2 Å². The lowest BCUT2D eigenvalue weighted by atomic mass is 10.2. The van der Waals surface area contributed by atoms with E-state index in [1.807, 2.05) is 0 Å². The van der Waals surface area contributed by atoms with Gasteiger partial charge in [-0.1, -0.05) is 11.6 Å². The van der Waals surface area contributed by atoms with Gasteiger partial charge < -0.3 is 9.32 Å². The van der Waals surface area contributed by atoms with Gasteiger partial charge in [0, 0.05) is 19.2 Å². The molecule has 0 atom stereocenters. The molecule has 0 radical (unpaired) electrons. The van der Waals surface area contributed by atoms with Crippen LogP contribution in [-0.2, 0) is 6.54 Å². The lowest BCUT2D eigenvalue weighted by Gasteiger charge is -2.16. The van der Waals surface area contributed by atoms with E-state index in [2.05, 4.69) is 0 Å². The molecule has 0 saturated heterocycles. The molecule has 0 bridgehead atoms. The molecule has 20 heavy (non-hydrogen) atoms. The van der Waals surface area contributed by atoms with Crippen molar-refractivity contribution in [2.45, 2.75) is 6.54 Å². The summed E-state index contributed by atoms with van der Waals surface area (Å²) in [5.41, 5.74) is 0.0616. The summed E-state index contributed by atoms with van der Waals surface area (Å²) in [5.74, 6) is 0.306. The predicted octanol–water partition coefficient (Wildman–Crippen LogP) is 3.11. The number of halogens is 1. The molecule has 0 unspecified atom stereocenters. The molecule has 104 valence electrons. The fraction of sp³-hybridized carbons (Fsp3) is 0.154. The molecule has 0 aliphatic carbocycles. The van der Waals surface area contributed by atoms with Crippen LogP contribution in [-0.4, -0.2) is 22.8 Å². The number of carbonyl (C=O) groups excluding carboxylic acids is 1. The average Bonchev–Trinajstić information content (AvgIpc) is 2.90. The molecule has 1 aromatic heterocycles. The first-order valence-electron chi connectivity index (χ1n) is 5.71. The second-order valence-electron chi connectivity index (χ2n) is 4.16. The Morgan fingerprint density at radius 3 is 2.75 bits per heavy atom. The van der Waals surface area contributed by atoms with Crippen LogP contribution in [0.4, 0.5) is 5.69 Å². The maximum atomic E-state index is 12.2. The molecule has 0 N–H and O–H groups in total. The Labute approximate surface area is 119 Å². The van der Waals surface area contributed by atoms with Gasteiger partial charge in [0.25, 0.3) is 11.6 Å². The van der Waals surface area contributed by atoms with Gasteiger partial charge in [0.2, 0.25) is 0 Å². The normalized spacial score (nSPS) is 10.3. The molecule has 7 heteroatoms. The molecule has 1 amide bonds. The Bertz CT molecular complexity index is 640. The van der Waals surface area contributed by atoms with E-state index in [0.717, 1.165) is 6.07 Å². The first-order chi connectivity index (χ1) is 9.49. The van der Waals surface area contributed by atoms with E-state index in [4.69, 9.17) is 16.0 Å². The zero-order chi connectivity index (χ0) is 14.7. The molecular weight excluding hydrogens is 284 g/mol. The standard InChI is InChI=1S/C13H11ClN2O4/c1-15(8-10-3-2-6-20-10)13(17)11-5-4-9(16(18)19)7-12(11)14/h2-7H,8H2,1H3. The topological polar surface area (TPSA) is 76.6 Å². The van der Waals surface area contributed by atoms with Crippen molar-refractivity contribution in [3.63, 3.8) is 0 Å². The van der Waals surface area contributed by atoms with Crippen LogP contribution in [0.1, 0.15) is 16.1 Å². The van der Waals surface area contributed by atoms with Crippen molar-refractivity contribution in [3.05, 3.63) is 63.1 Å². The maximum absolute atomic E-state index is 12.2. The lowest BCUT2D eigenvalue weighted by molar-refractivity contribution is -0.384. The molecule has 0 saturated carbocycles. The van der Waals surface area contributed by atoms with Crippen LogP contribution in [0.2, 0.25) is 5.02 Å². The van der Waals surface area contributed by atoms with Gasteiger partial charge in [0.05, 0.1) is 28.3 Å². The highest BCUT2D eigenvalue weighted by Gasteiger charge is 2.18. The molecule has 1 heterocycles. The smallest absolute Gasteiger partial charge is 0.270 e. The second-order valence-corrected chi connectivity index (χ2v) is 4.57. The van der Waals surface area contributed by atoms with Gasteiger partial charge in [-0.25, -0.2) is 0 Å². The molecule has 0 aliphatic heterocycles. The fourth-order valence-electron chi connectivity index (χ4n) is 1.70. The number of rotatable bonds is 4. The minimum absolute atomic E-state index is 0.0514. The molecule has 0 fully saturated rings. The Balaban J connectivity index is 2.18. The minimum atomic E-state index is -0.563. The molecule has 1 aromatic carbocycles. The molecule has 6 nitrogen and oxygen atoms in total. The summed E-state index contributed by atoms with van der Waals surface area (Å²) in [6, 6.07) is 7.24. The van der Waals surface area contributed by atoms with Gasteiger partial charge in [0.15, 0.2) is 0 Å². The van der Waals surface area contributed by atoms with Gasteiger partial charge >= 0.3 is 0 Å². The van der Waals surface area contributed by atoms with Crippen LogP contribution in [0.25, 0.3) is 0 Å². The number of nitro groups is 1. The van der Waals surface area contributed by atoms with Crippen molar-refractivity contribution in [2.75, 3.05) is 7.05 Å². The summed E-state index contributed by atoms with van der Waals surface area (Å²) in [6.07, 6.45) is 1.52. The molecule has 0 spiro atoms. The summed E-state index contributed by atoms with van der Waals surface area (Å²) in [5, 5.41) is 10.7. The number of benzene rings is 1. The SMILES string of the molecule is CN(Cc1ccco1)C(=O)c1ccc([N+](=O)[O-])cc1Cl. The third-order valence-corrected chi connectivity index (χ3v) is 3.03. The van der Waals surface area contributed by atoms with E-state index < -0.39 is 4.92 Å². The van der Waals surface area contributed by atoms with Gasteiger partial charge in [-0.05, 0) is 18.2 Å². The summed E-state index contributed by atoms with van der Waals surface area (Å²) in [4.78, 5) is 23.7. The van der Waals surface area contributed by atoms with Crippen LogP contribution in [0.15, 0.2) is 41.0 Å². The zero-order valence-corrected chi connectivity index (χ0v) is 11.3. The van der Waals surface area contributed by atoms with Crippen molar-refractivity contribution in [2.24, 2.45) is 0 Å². The van der Waals surface area contributed by atoms with Crippen molar-refractivity contribution in [1.82, 2.24) is 4.90 Å². The summed E-state index contributed by atoms with van der Waals surface area (Å²) in [6.45, 7) is 0.291. The minimum Gasteiger partial charge on any atom is -0.467 e. The average molecular weight is 295 g/mol. The van der Waals surface area contributed by atoms with E-state index in [9.17, 15) is 14.9 Å². The van der Waals surface area contributed by atoms with Gasteiger partial charge in [-0.15, -0.1) is 0 Å². The molecular formula is C13H11ClN2O4. The lowest BCUT2D eigenvalue weighted by Crippen LogP contribution is -2.26. The number of hydrogen-bond acceptors (Lipinski definition) is 4. The van der Waals surface area contributed by atoms with Crippen LogP contribution in [0.3, 0.4) is 0 Å². The third kappa shape index (κ3) is 2.97. The number of carbonyl (C=O) groups is 1. The summed E-state index contributed by atoms with van der Waals surface area (Å²) >= 11 is 5.92. The highest BCUT2D eigenvalue weighted by atomic mass is 35.5. The van der Waals surface area contributed by atoms with E-state index in [0.29, 0.717) is 12.3 Å². The summed E-state index contributed by atoms with van der Waals surface area (Å²) < 4.78 is 5.15. The zero-order valence-electron chi connectivity index (χ0n) is 10.6. The summed E-state index contributed by atoms with van der Waals surface area (Å²) in [7, 11) is 1.60. The van der Waals surface area contributed by atoms with Gasteiger partial charge in [-0.2, -0.15) is 0 Å². The predicted molar refractivity (Wildman–Crippen MR) is 72.6 cm³/mol. The maximum Gasteiger partial charge on any atom is 0.270 e. The van der Waals surface area contributed by atoms with Crippen molar-refractivity contribution in [3.8, 4) is 0 Å². The fourth-order valence-corrected chi connectivity index (χ4v) is 1.96. The first-order valence-corrected chi connectivity index (χ1v) is 6.08. The largest absolute Gasteiger partial charge is 0.467 e.